The Kier molecular flexibility index (Phi) is 3.77. The third-order valence-electron chi connectivity index (χ3n) is 2.71. The van der Waals surface area contributed by atoms with Gasteiger partial charge in [0.15, 0.2) is 0 Å². The Labute approximate surface area is 107 Å². The van der Waals surface area contributed by atoms with Crippen LogP contribution in [-0.2, 0) is 0 Å². The number of anilines is 3. The molecular formula is C14H18N4. The molecule has 1 aromatic carbocycles. The van der Waals surface area contributed by atoms with Crippen molar-refractivity contribution in [3.05, 3.63) is 41.7 Å². The normalized spacial score (nSPS) is 10.2. The fourth-order valence-electron chi connectivity index (χ4n) is 1.78. The van der Waals surface area contributed by atoms with Crippen LogP contribution in [0.5, 0.6) is 0 Å². The van der Waals surface area contributed by atoms with E-state index in [1.807, 2.05) is 19.1 Å². The van der Waals surface area contributed by atoms with Gasteiger partial charge in [-0.25, -0.2) is 9.97 Å². The summed E-state index contributed by atoms with van der Waals surface area (Å²) in [5.41, 5.74) is 3.29. The number of hydrogen-bond acceptors (Lipinski definition) is 4. The number of aromatic nitrogens is 2. The number of nitrogens with one attached hydrogen (secondary N) is 2. The Hall–Kier alpha value is -2.10. The zero-order valence-electron chi connectivity index (χ0n) is 11.0. The topological polar surface area (TPSA) is 49.8 Å². The number of hydrogen-bond donors (Lipinski definition) is 2. The van der Waals surface area contributed by atoms with Crippen molar-refractivity contribution in [2.24, 2.45) is 0 Å². The summed E-state index contributed by atoms with van der Waals surface area (Å²) >= 11 is 0. The van der Waals surface area contributed by atoms with Gasteiger partial charge in [0.25, 0.3) is 0 Å². The minimum atomic E-state index is 0.839. The first-order chi connectivity index (χ1) is 8.70. The van der Waals surface area contributed by atoms with Gasteiger partial charge >= 0.3 is 0 Å². The van der Waals surface area contributed by atoms with Gasteiger partial charge in [0, 0.05) is 17.8 Å². The molecule has 0 amide bonds. The van der Waals surface area contributed by atoms with Gasteiger partial charge in [-0.2, -0.15) is 0 Å². The van der Waals surface area contributed by atoms with Gasteiger partial charge in [0.05, 0.1) is 0 Å². The maximum absolute atomic E-state index is 4.28. The molecule has 0 atom stereocenters. The quantitative estimate of drug-likeness (QED) is 0.864. The predicted octanol–water partition coefficient (Wildman–Crippen LogP) is 3.27. The fraction of sp³-hybridized carbons (Fsp3) is 0.286. The van der Waals surface area contributed by atoms with Gasteiger partial charge in [-0.1, -0.05) is 12.1 Å². The van der Waals surface area contributed by atoms with Crippen LogP contribution in [0.25, 0.3) is 0 Å². The van der Waals surface area contributed by atoms with Crippen molar-refractivity contribution >= 4 is 17.3 Å². The lowest BCUT2D eigenvalue weighted by Gasteiger charge is -2.12. The molecular weight excluding hydrogens is 224 g/mol. The van der Waals surface area contributed by atoms with E-state index in [0.29, 0.717) is 0 Å². The van der Waals surface area contributed by atoms with Crippen molar-refractivity contribution < 1.29 is 0 Å². The summed E-state index contributed by atoms with van der Waals surface area (Å²) in [5.74, 6) is 1.72. The highest BCUT2D eigenvalue weighted by Gasteiger charge is 2.06. The van der Waals surface area contributed by atoms with E-state index in [9.17, 15) is 0 Å². The summed E-state index contributed by atoms with van der Waals surface area (Å²) in [4.78, 5) is 8.51. The standard InChI is InChI=1S/C14H18N4/c1-4-15-13-11(3)14(17-9-16-13)18-12-7-5-6-10(2)8-12/h5-9H,4H2,1-3H3,(H2,15,16,17,18). The Morgan fingerprint density at radius 3 is 2.61 bits per heavy atom. The Balaban J connectivity index is 2.26. The second kappa shape index (κ2) is 5.49. The maximum Gasteiger partial charge on any atom is 0.138 e. The van der Waals surface area contributed by atoms with Gasteiger partial charge in [-0.15, -0.1) is 0 Å². The van der Waals surface area contributed by atoms with Crippen LogP contribution in [-0.4, -0.2) is 16.5 Å². The monoisotopic (exact) mass is 242 g/mol. The SMILES string of the molecule is CCNc1ncnc(Nc2cccc(C)c2)c1C. The zero-order valence-corrected chi connectivity index (χ0v) is 11.0. The molecule has 4 nitrogen and oxygen atoms in total. The summed E-state index contributed by atoms with van der Waals surface area (Å²) in [6.45, 7) is 6.98. The fourth-order valence-corrected chi connectivity index (χ4v) is 1.78. The predicted molar refractivity (Wildman–Crippen MR) is 75.4 cm³/mol. The first-order valence-corrected chi connectivity index (χ1v) is 6.10. The highest BCUT2D eigenvalue weighted by molar-refractivity contribution is 5.64. The number of benzene rings is 1. The van der Waals surface area contributed by atoms with E-state index in [2.05, 4.69) is 46.6 Å². The molecule has 4 heteroatoms. The Morgan fingerprint density at radius 1 is 1.11 bits per heavy atom. The number of nitrogens with zero attached hydrogens (tertiary/aromatic N) is 2. The molecule has 0 unspecified atom stereocenters. The summed E-state index contributed by atoms with van der Waals surface area (Å²) in [7, 11) is 0. The first kappa shape index (κ1) is 12.4. The molecule has 94 valence electrons. The first-order valence-electron chi connectivity index (χ1n) is 6.10. The minimum Gasteiger partial charge on any atom is -0.370 e. The van der Waals surface area contributed by atoms with Crippen LogP contribution in [0, 0.1) is 13.8 Å². The average molecular weight is 242 g/mol. The summed E-state index contributed by atoms with van der Waals surface area (Å²) in [5, 5.41) is 6.54. The highest BCUT2D eigenvalue weighted by atomic mass is 15.1. The van der Waals surface area contributed by atoms with Crippen molar-refractivity contribution in [1.29, 1.82) is 0 Å². The van der Waals surface area contributed by atoms with Crippen molar-refractivity contribution in [3.8, 4) is 0 Å². The lowest BCUT2D eigenvalue weighted by Crippen LogP contribution is -2.05. The van der Waals surface area contributed by atoms with E-state index in [1.165, 1.54) is 5.56 Å². The van der Waals surface area contributed by atoms with Gasteiger partial charge in [0.2, 0.25) is 0 Å². The third-order valence-corrected chi connectivity index (χ3v) is 2.71. The Bertz CT molecular complexity index is 537. The molecule has 0 aliphatic carbocycles. The molecule has 0 saturated carbocycles. The molecule has 2 rings (SSSR count). The largest absolute Gasteiger partial charge is 0.370 e. The zero-order chi connectivity index (χ0) is 13.0. The number of aryl methyl sites for hydroxylation is 1. The van der Waals surface area contributed by atoms with Crippen LogP contribution in [0.1, 0.15) is 18.1 Å². The summed E-state index contributed by atoms with van der Waals surface area (Å²) < 4.78 is 0. The molecule has 0 aliphatic heterocycles. The van der Waals surface area contributed by atoms with Crippen LogP contribution in [0.4, 0.5) is 17.3 Å². The van der Waals surface area contributed by atoms with Gasteiger partial charge < -0.3 is 10.6 Å². The van der Waals surface area contributed by atoms with Crippen molar-refractivity contribution in [1.82, 2.24) is 9.97 Å². The molecule has 1 heterocycles. The van der Waals surface area contributed by atoms with Gasteiger partial charge in [0.1, 0.15) is 18.0 Å². The second-order valence-corrected chi connectivity index (χ2v) is 4.22. The van der Waals surface area contributed by atoms with Crippen molar-refractivity contribution in [3.63, 3.8) is 0 Å². The maximum atomic E-state index is 4.28. The Morgan fingerprint density at radius 2 is 1.89 bits per heavy atom. The van der Waals surface area contributed by atoms with Gasteiger partial charge in [-0.05, 0) is 38.5 Å². The van der Waals surface area contributed by atoms with E-state index >= 15 is 0 Å². The molecule has 0 saturated heterocycles. The highest BCUT2D eigenvalue weighted by Crippen LogP contribution is 2.22. The lowest BCUT2D eigenvalue weighted by atomic mass is 10.2. The lowest BCUT2D eigenvalue weighted by molar-refractivity contribution is 1.08. The van der Waals surface area contributed by atoms with E-state index in [-0.39, 0.29) is 0 Å². The van der Waals surface area contributed by atoms with E-state index < -0.39 is 0 Å². The summed E-state index contributed by atoms with van der Waals surface area (Å²) in [6.07, 6.45) is 1.57. The van der Waals surface area contributed by atoms with Crippen molar-refractivity contribution in [2.75, 3.05) is 17.2 Å². The molecule has 18 heavy (non-hydrogen) atoms. The van der Waals surface area contributed by atoms with Crippen LogP contribution in [0.2, 0.25) is 0 Å². The van der Waals surface area contributed by atoms with Crippen LogP contribution in [0.15, 0.2) is 30.6 Å². The van der Waals surface area contributed by atoms with Crippen LogP contribution in [0.3, 0.4) is 0 Å². The molecule has 2 aromatic rings. The molecule has 0 fully saturated rings. The molecule has 0 radical (unpaired) electrons. The van der Waals surface area contributed by atoms with E-state index in [0.717, 1.165) is 29.4 Å². The summed E-state index contributed by atoms with van der Waals surface area (Å²) in [6, 6.07) is 8.22. The smallest absolute Gasteiger partial charge is 0.138 e. The molecule has 0 spiro atoms. The van der Waals surface area contributed by atoms with Crippen LogP contribution < -0.4 is 10.6 Å². The van der Waals surface area contributed by atoms with Crippen molar-refractivity contribution in [2.45, 2.75) is 20.8 Å². The minimum absolute atomic E-state index is 0.839. The number of rotatable bonds is 4. The van der Waals surface area contributed by atoms with Crippen LogP contribution >= 0.6 is 0 Å². The molecule has 1 aromatic heterocycles. The average Bonchev–Trinajstić information content (AvgIpc) is 2.35. The van der Waals surface area contributed by atoms with E-state index in [1.54, 1.807) is 6.33 Å². The third kappa shape index (κ3) is 2.77. The second-order valence-electron chi connectivity index (χ2n) is 4.22. The molecule has 2 N–H and O–H groups in total. The van der Waals surface area contributed by atoms with Gasteiger partial charge in [-0.3, -0.25) is 0 Å². The molecule has 0 bridgehead atoms. The van der Waals surface area contributed by atoms with E-state index in [4.69, 9.17) is 0 Å². The molecule has 0 aliphatic rings.